The minimum Gasteiger partial charge on any atom is -0.0619 e. The van der Waals surface area contributed by atoms with Gasteiger partial charge in [0.25, 0.3) is 0 Å². The molecule has 0 saturated carbocycles. The van der Waals surface area contributed by atoms with Crippen molar-refractivity contribution in [3.63, 3.8) is 0 Å². The Hall–Kier alpha value is -1.56. The summed E-state index contributed by atoms with van der Waals surface area (Å²) in [4.78, 5) is 0. The molecule has 0 bridgehead atoms. The minimum atomic E-state index is -1.98. The first-order valence-corrected chi connectivity index (χ1v) is 4.77. The predicted octanol–water partition coefficient (Wildman–Crippen LogP) is 3.82. The van der Waals surface area contributed by atoms with Crippen LogP contribution in [-0.4, -0.2) is 0 Å². The van der Waals surface area contributed by atoms with E-state index in [0.29, 0.717) is 0 Å². The smallest absolute Gasteiger partial charge is 0.0240 e. The molecule has 0 heteroatoms. The zero-order valence-corrected chi connectivity index (χ0v) is 7.70. The Morgan fingerprint density at radius 3 is 1.86 bits per heavy atom. The summed E-state index contributed by atoms with van der Waals surface area (Å²) in [6.07, 6.45) is 0. The molecular formula is C14H12. The van der Waals surface area contributed by atoms with Gasteiger partial charge in [0.2, 0.25) is 0 Å². The van der Waals surface area contributed by atoms with Crippen molar-refractivity contribution in [1.82, 2.24) is 0 Å². The third kappa shape index (κ3) is 0.884. The molecule has 1 aliphatic rings. The standard InChI is InChI=1S/C14H12/c1-10-11-6-2-4-8-13(11)14-9-5-3-7-12(10)14/h2-10H,1H3/i1D3. The Labute approximate surface area is 88.4 Å². The largest absolute Gasteiger partial charge is 0.0619 e. The Kier molecular flexibility index (Phi) is 1.04. The number of hydrogen-bond acceptors (Lipinski definition) is 0. The first-order valence-electron chi connectivity index (χ1n) is 6.27. The quantitative estimate of drug-likeness (QED) is 0.582. The third-order valence-corrected chi connectivity index (χ3v) is 2.83. The van der Waals surface area contributed by atoms with Crippen molar-refractivity contribution in [3.05, 3.63) is 59.7 Å². The van der Waals surface area contributed by atoms with Crippen LogP contribution in [0.25, 0.3) is 11.1 Å². The van der Waals surface area contributed by atoms with E-state index in [0.717, 1.165) is 22.3 Å². The van der Waals surface area contributed by atoms with Gasteiger partial charge in [-0.1, -0.05) is 55.4 Å². The molecule has 0 nitrogen and oxygen atoms in total. The molecule has 0 fully saturated rings. The van der Waals surface area contributed by atoms with E-state index in [1.54, 1.807) is 0 Å². The minimum absolute atomic E-state index is 0.477. The van der Waals surface area contributed by atoms with Crippen LogP contribution in [0, 0.1) is 0 Å². The maximum atomic E-state index is 7.72. The number of hydrogen-bond donors (Lipinski definition) is 0. The highest BCUT2D eigenvalue weighted by atomic mass is 14.3. The van der Waals surface area contributed by atoms with E-state index in [1.807, 2.05) is 48.5 Å². The van der Waals surface area contributed by atoms with Crippen LogP contribution >= 0.6 is 0 Å². The molecule has 0 aliphatic heterocycles. The molecule has 68 valence electrons. The van der Waals surface area contributed by atoms with Crippen LogP contribution in [0.3, 0.4) is 0 Å². The molecule has 0 heterocycles. The van der Waals surface area contributed by atoms with Crippen LogP contribution in [0.5, 0.6) is 0 Å². The molecule has 0 N–H and O–H groups in total. The molecule has 2 aromatic rings. The molecule has 3 rings (SSSR count). The van der Waals surface area contributed by atoms with Gasteiger partial charge in [0, 0.05) is 10.0 Å². The monoisotopic (exact) mass is 183 g/mol. The van der Waals surface area contributed by atoms with Crippen molar-refractivity contribution >= 4 is 0 Å². The Balaban J connectivity index is 2.31. The number of fused-ring (bicyclic) bond motifs is 3. The second kappa shape index (κ2) is 2.71. The van der Waals surface area contributed by atoms with Crippen molar-refractivity contribution in [1.29, 1.82) is 0 Å². The normalized spacial score (nSPS) is 17.9. The highest BCUT2D eigenvalue weighted by Gasteiger charge is 2.23. The van der Waals surface area contributed by atoms with Crippen molar-refractivity contribution < 1.29 is 4.11 Å². The molecule has 2 aromatic carbocycles. The summed E-state index contributed by atoms with van der Waals surface area (Å²) in [6.45, 7) is -1.98. The van der Waals surface area contributed by atoms with E-state index < -0.39 is 12.8 Å². The summed E-state index contributed by atoms with van der Waals surface area (Å²) in [5.74, 6) is -0.477. The number of benzene rings is 2. The van der Waals surface area contributed by atoms with Crippen LogP contribution in [0.2, 0.25) is 0 Å². The highest BCUT2D eigenvalue weighted by molar-refractivity contribution is 5.78. The van der Waals surface area contributed by atoms with E-state index in [1.165, 1.54) is 0 Å². The van der Waals surface area contributed by atoms with Crippen molar-refractivity contribution in [3.8, 4) is 11.1 Å². The van der Waals surface area contributed by atoms with Gasteiger partial charge in [-0.3, -0.25) is 0 Å². The first-order chi connectivity index (χ1) is 8.09. The Morgan fingerprint density at radius 2 is 1.36 bits per heavy atom. The third-order valence-electron chi connectivity index (χ3n) is 2.83. The molecule has 1 aliphatic carbocycles. The molecule has 0 aromatic heterocycles. The highest BCUT2D eigenvalue weighted by Crippen LogP contribution is 2.43. The average Bonchev–Trinajstić information content (AvgIpc) is 2.63. The molecule has 14 heavy (non-hydrogen) atoms. The SMILES string of the molecule is [2H]C([2H])([2H])C1c2ccccc2-c2ccccc21. The topological polar surface area (TPSA) is 0 Å². The van der Waals surface area contributed by atoms with Gasteiger partial charge >= 0.3 is 0 Å². The Morgan fingerprint density at radius 1 is 0.857 bits per heavy atom. The van der Waals surface area contributed by atoms with E-state index in [4.69, 9.17) is 4.11 Å². The lowest BCUT2D eigenvalue weighted by Gasteiger charge is -2.04. The van der Waals surface area contributed by atoms with Crippen molar-refractivity contribution in [2.45, 2.75) is 12.8 Å². The van der Waals surface area contributed by atoms with Gasteiger partial charge in [-0.25, -0.2) is 0 Å². The molecular weight excluding hydrogens is 168 g/mol. The van der Waals surface area contributed by atoms with Crippen LogP contribution in [0.4, 0.5) is 0 Å². The summed E-state index contributed by atoms with van der Waals surface area (Å²) in [7, 11) is 0. The van der Waals surface area contributed by atoms with E-state index in [-0.39, 0.29) is 0 Å². The molecule has 0 spiro atoms. The van der Waals surface area contributed by atoms with Gasteiger partial charge in [0.05, 0.1) is 0 Å². The van der Waals surface area contributed by atoms with Crippen molar-refractivity contribution in [2.24, 2.45) is 0 Å². The second-order valence-electron chi connectivity index (χ2n) is 3.61. The van der Waals surface area contributed by atoms with E-state index in [9.17, 15) is 0 Å². The van der Waals surface area contributed by atoms with Crippen LogP contribution in [0.15, 0.2) is 48.5 Å². The van der Waals surface area contributed by atoms with Gasteiger partial charge in [-0.15, -0.1) is 0 Å². The summed E-state index contributed by atoms with van der Waals surface area (Å²) in [5, 5.41) is 0. The van der Waals surface area contributed by atoms with E-state index >= 15 is 0 Å². The fourth-order valence-electron chi connectivity index (χ4n) is 2.16. The molecule has 0 radical (unpaired) electrons. The fourth-order valence-corrected chi connectivity index (χ4v) is 2.16. The van der Waals surface area contributed by atoms with Gasteiger partial charge in [0.1, 0.15) is 0 Å². The average molecular weight is 183 g/mol. The molecule has 0 saturated heterocycles. The lowest BCUT2D eigenvalue weighted by molar-refractivity contribution is 0.957. The summed E-state index contributed by atoms with van der Waals surface area (Å²) in [5.41, 5.74) is 3.97. The maximum absolute atomic E-state index is 7.72. The molecule has 0 amide bonds. The lowest BCUT2D eigenvalue weighted by Crippen LogP contribution is -1.87. The second-order valence-corrected chi connectivity index (χ2v) is 3.61. The summed E-state index contributed by atoms with van der Waals surface area (Å²) < 4.78 is 23.2. The Bertz CT molecular complexity index is 524. The first kappa shape index (κ1) is 5.35. The summed E-state index contributed by atoms with van der Waals surface area (Å²) in [6, 6.07) is 15.6. The maximum Gasteiger partial charge on any atom is 0.0240 e. The molecule has 0 atom stereocenters. The number of rotatable bonds is 0. The van der Waals surface area contributed by atoms with E-state index in [2.05, 4.69) is 0 Å². The fraction of sp³-hybridized carbons (Fsp3) is 0.143. The summed E-state index contributed by atoms with van der Waals surface area (Å²) >= 11 is 0. The predicted molar refractivity (Wildman–Crippen MR) is 59.4 cm³/mol. The zero-order valence-electron chi connectivity index (χ0n) is 10.7. The van der Waals surface area contributed by atoms with Gasteiger partial charge in [0.15, 0.2) is 0 Å². The lowest BCUT2D eigenvalue weighted by atomic mass is 10.00. The van der Waals surface area contributed by atoms with Gasteiger partial charge in [-0.2, -0.15) is 0 Å². The zero-order chi connectivity index (χ0) is 12.0. The molecule has 0 unspecified atom stereocenters. The van der Waals surface area contributed by atoms with Crippen LogP contribution in [-0.2, 0) is 0 Å². The van der Waals surface area contributed by atoms with Crippen molar-refractivity contribution in [2.75, 3.05) is 0 Å². The van der Waals surface area contributed by atoms with Gasteiger partial charge < -0.3 is 0 Å². The van der Waals surface area contributed by atoms with Crippen LogP contribution in [0.1, 0.15) is 28.0 Å². The van der Waals surface area contributed by atoms with Gasteiger partial charge in [-0.05, 0) is 22.3 Å². The van der Waals surface area contributed by atoms with Crippen LogP contribution < -0.4 is 0 Å².